The lowest BCUT2D eigenvalue weighted by Gasteiger charge is -2.34. The van der Waals surface area contributed by atoms with E-state index in [2.05, 4.69) is 20.4 Å². The quantitative estimate of drug-likeness (QED) is 0.628. The molecule has 2 heterocycles. The first-order chi connectivity index (χ1) is 15.2. The van der Waals surface area contributed by atoms with Crippen molar-refractivity contribution in [2.75, 3.05) is 13.1 Å². The molecule has 1 unspecified atom stereocenters. The number of ether oxygens (including phenoxy) is 1. The zero-order valence-corrected chi connectivity index (χ0v) is 17.5. The largest absolute Gasteiger partial charge is 0.437 e. The van der Waals surface area contributed by atoms with Gasteiger partial charge in [0, 0.05) is 25.4 Å². The van der Waals surface area contributed by atoms with Crippen LogP contribution in [0.1, 0.15) is 24.1 Å². The van der Waals surface area contributed by atoms with Gasteiger partial charge in [0.1, 0.15) is 11.9 Å². The Bertz CT molecular complexity index is 997. The van der Waals surface area contributed by atoms with Crippen molar-refractivity contribution in [2.24, 2.45) is 0 Å². The maximum Gasteiger partial charge on any atom is 0.318 e. The summed E-state index contributed by atoms with van der Waals surface area (Å²) in [6.07, 6.45) is -5.08. The smallest absolute Gasteiger partial charge is 0.318 e. The first-order valence-corrected chi connectivity index (χ1v) is 9.89. The Kier molecular flexibility index (Phi) is 7.39. The maximum atomic E-state index is 13.7. The fourth-order valence-electron chi connectivity index (χ4n) is 3.15. The number of benzene rings is 1. The Morgan fingerprint density at radius 1 is 1.28 bits per heavy atom. The summed E-state index contributed by atoms with van der Waals surface area (Å²) in [4.78, 5) is 29.9. The molecule has 3 amide bonds. The molecule has 2 aromatic rings. The summed E-state index contributed by atoms with van der Waals surface area (Å²) >= 11 is 5.89. The zero-order chi connectivity index (χ0) is 23.4. The van der Waals surface area contributed by atoms with E-state index in [1.54, 1.807) is 6.92 Å². The molecule has 1 saturated heterocycles. The van der Waals surface area contributed by atoms with E-state index in [0.717, 1.165) is 6.07 Å². The third-order valence-corrected chi connectivity index (χ3v) is 5.12. The molecule has 1 aromatic heterocycles. The third-order valence-electron chi connectivity index (χ3n) is 4.83. The molecule has 0 spiro atoms. The number of carbonyl (C=O) groups is 2. The van der Waals surface area contributed by atoms with E-state index in [4.69, 9.17) is 11.6 Å². The number of amides is 3. The number of carbonyl (C=O) groups excluding carboxylic acids is 2. The van der Waals surface area contributed by atoms with Gasteiger partial charge in [-0.3, -0.25) is 4.79 Å². The fourth-order valence-corrected chi connectivity index (χ4v) is 3.34. The van der Waals surface area contributed by atoms with Gasteiger partial charge >= 0.3 is 12.5 Å². The molecule has 1 fully saturated rings. The predicted molar refractivity (Wildman–Crippen MR) is 107 cm³/mol. The predicted octanol–water partition coefficient (Wildman–Crippen LogP) is 3.43. The lowest BCUT2D eigenvalue weighted by molar-refractivity contribution is -0.126. The summed E-state index contributed by atoms with van der Waals surface area (Å²) in [5, 5.41) is 5.15. The molecular weight excluding hydrogens is 456 g/mol. The molecule has 12 heteroatoms. The van der Waals surface area contributed by atoms with Gasteiger partial charge < -0.3 is 20.3 Å². The number of pyridine rings is 1. The summed E-state index contributed by atoms with van der Waals surface area (Å²) in [5.74, 6) is -1.44. The molecule has 0 bridgehead atoms. The van der Waals surface area contributed by atoms with E-state index in [1.165, 1.54) is 35.4 Å². The Balaban J connectivity index is 1.93. The molecule has 2 N–H and O–H groups in total. The number of hydrogen-bond acceptors (Lipinski definition) is 4. The van der Waals surface area contributed by atoms with E-state index in [9.17, 15) is 27.2 Å². The molecule has 1 aromatic carbocycles. The van der Waals surface area contributed by atoms with Crippen LogP contribution in [-0.2, 0) is 4.79 Å². The van der Waals surface area contributed by atoms with Crippen LogP contribution >= 0.6 is 11.6 Å². The van der Waals surface area contributed by atoms with Gasteiger partial charge in [0.25, 0.3) is 6.36 Å². The van der Waals surface area contributed by atoms with Crippen molar-refractivity contribution < 1.29 is 31.9 Å². The lowest BCUT2D eigenvalue weighted by Crippen LogP contribution is -2.58. The van der Waals surface area contributed by atoms with Crippen molar-refractivity contribution in [3.63, 3.8) is 0 Å². The summed E-state index contributed by atoms with van der Waals surface area (Å²) in [5.41, 5.74) is 0.628. The number of aromatic nitrogens is 1. The van der Waals surface area contributed by atoms with Gasteiger partial charge in [-0.1, -0.05) is 17.7 Å². The summed E-state index contributed by atoms with van der Waals surface area (Å²) in [7, 11) is 0. The summed E-state index contributed by atoms with van der Waals surface area (Å²) in [6, 6.07) is 4.06. The zero-order valence-electron chi connectivity index (χ0n) is 16.7. The van der Waals surface area contributed by atoms with Gasteiger partial charge in [-0.25, -0.2) is 22.9 Å². The van der Waals surface area contributed by atoms with E-state index in [-0.39, 0.29) is 29.6 Å². The SMILES string of the molecule is C[C@@H]1C(=O)NCCN1C(=O)N[C@H](c1ccnc(OC(F)C(F)F)c1)c1ccc(F)c(Cl)c1. The van der Waals surface area contributed by atoms with Gasteiger partial charge in [-0.2, -0.15) is 4.39 Å². The molecule has 3 rings (SSSR count). The lowest BCUT2D eigenvalue weighted by atomic mass is 9.99. The van der Waals surface area contributed by atoms with Crippen LogP contribution in [-0.4, -0.2) is 53.7 Å². The van der Waals surface area contributed by atoms with Crippen molar-refractivity contribution in [3.8, 4) is 5.88 Å². The summed E-state index contributed by atoms with van der Waals surface area (Å²) in [6.45, 7) is 2.07. The normalized spacial score (nSPS) is 18.2. The van der Waals surface area contributed by atoms with Crippen molar-refractivity contribution >= 4 is 23.5 Å². The number of alkyl halides is 3. The number of hydrogen-bond donors (Lipinski definition) is 2. The van der Waals surface area contributed by atoms with Crippen LogP contribution in [0.3, 0.4) is 0 Å². The molecule has 0 saturated carbocycles. The second-order valence-corrected chi connectivity index (χ2v) is 7.35. The van der Waals surface area contributed by atoms with Crippen LogP contribution in [0.25, 0.3) is 0 Å². The molecule has 32 heavy (non-hydrogen) atoms. The minimum atomic E-state index is -3.38. The van der Waals surface area contributed by atoms with Crippen LogP contribution in [0.15, 0.2) is 36.5 Å². The van der Waals surface area contributed by atoms with Crippen molar-refractivity contribution in [2.45, 2.75) is 31.8 Å². The Hall–Kier alpha value is -3.08. The number of nitrogens with one attached hydrogen (secondary N) is 2. The molecule has 7 nitrogen and oxygen atoms in total. The number of piperazine rings is 1. The highest BCUT2D eigenvalue weighted by atomic mass is 35.5. The van der Waals surface area contributed by atoms with E-state index >= 15 is 0 Å². The summed E-state index contributed by atoms with van der Waals surface area (Å²) < 4.78 is 56.5. The Labute approximate surface area is 185 Å². The average Bonchev–Trinajstić information content (AvgIpc) is 2.76. The molecular formula is C20H19ClF4N4O3. The topological polar surface area (TPSA) is 83.6 Å². The van der Waals surface area contributed by atoms with E-state index < -0.39 is 42.6 Å². The highest BCUT2D eigenvalue weighted by molar-refractivity contribution is 6.30. The average molecular weight is 475 g/mol. The molecule has 0 radical (unpaired) electrons. The second kappa shape index (κ2) is 10.0. The number of rotatable bonds is 6. The Morgan fingerprint density at radius 3 is 2.69 bits per heavy atom. The minimum Gasteiger partial charge on any atom is -0.437 e. The fraction of sp³-hybridized carbons (Fsp3) is 0.350. The van der Waals surface area contributed by atoms with Gasteiger partial charge in [-0.15, -0.1) is 0 Å². The van der Waals surface area contributed by atoms with Crippen LogP contribution in [0.5, 0.6) is 5.88 Å². The van der Waals surface area contributed by atoms with Crippen LogP contribution < -0.4 is 15.4 Å². The number of halogens is 5. The molecule has 0 aliphatic carbocycles. The van der Waals surface area contributed by atoms with Gasteiger partial charge in [0.2, 0.25) is 11.8 Å². The van der Waals surface area contributed by atoms with Crippen LogP contribution in [0, 0.1) is 5.82 Å². The standard InChI is InChI=1S/C20H19ClF4N4O3/c1-10-19(30)27-6-7-29(10)20(31)28-16(11-2-3-14(22)13(21)8-11)12-4-5-26-15(9-12)32-18(25)17(23)24/h2-5,8-10,16-18H,6-7H2,1H3,(H,27,30)(H,28,31)/t10-,16+,18?/m1/s1. The maximum absolute atomic E-state index is 13.7. The van der Waals surface area contributed by atoms with Gasteiger partial charge in [0.05, 0.1) is 11.1 Å². The molecule has 1 aliphatic heterocycles. The van der Waals surface area contributed by atoms with Crippen molar-refractivity contribution in [3.05, 3.63) is 58.5 Å². The highest BCUT2D eigenvalue weighted by Gasteiger charge is 2.31. The van der Waals surface area contributed by atoms with Crippen molar-refractivity contribution in [1.82, 2.24) is 20.5 Å². The van der Waals surface area contributed by atoms with Crippen molar-refractivity contribution in [1.29, 1.82) is 0 Å². The monoisotopic (exact) mass is 474 g/mol. The Morgan fingerprint density at radius 2 is 2.00 bits per heavy atom. The number of nitrogens with zero attached hydrogens (tertiary/aromatic N) is 2. The molecule has 1 aliphatic rings. The first-order valence-electron chi connectivity index (χ1n) is 9.52. The minimum absolute atomic E-state index is 0.209. The van der Waals surface area contributed by atoms with Gasteiger partial charge in [-0.05, 0) is 36.2 Å². The van der Waals surface area contributed by atoms with Crippen LogP contribution in [0.2, 0.25) is 5.02 Å². The molecule has 3 atom stereocenters. The van der Waals surface area contributed by atoms with Crippen LogP contribution in [0.4, 0.5) is 22.4 Å². The third kappa shape index (κ3) is 5.39. The van der Waals surface area contributed by atoms with Gasteiger partial charge in [0.15, 0.2) is 0 Å². The number of urea groups is 1. The highest BCUT2D eigenvalue weighted by Crippen LogP contribution is 2.28. The van der Waals surface area contributed by atoms with E-state index in [1.807, 2.05) is 0 Å². The first kappa shape index (κ1) is 23.6. The van der Waals surface area contributed by atoms with E-state index in [0.29, 0.717) is 5.56 Å². The second-order valence-electron chi connectivity index (χ2n) is 6.95. The molecule has 172 valence electrons.